The van der Waals surface area contributed by atoms with Gasteiger partial charge >= 0.3 is 0 Å². The fraction of sp³-hybridized carbons (Fsp3) is 0.471. The molecule has 0 aliphatic carbocycles. The standard InChI is InChI=1S/C17H22N2OS/c1(4-10-19-11-13-21-14-19)5-12-20-17-9-8-15-6-2-3-7-16(15)18-17/h2-3,6-9H,1,4-5,10-14H2. The number of hydrogen-bond acceptors (Lipinski definition) is 4. The second-order valence-electron chi connectivity index (χ2n) is 5.41. The molecule has 0 atom stereocenters. The molecule has 4 heteroatoms. The van der Waals surface area contributed by atoms with E-state index in [9.17, 15) is 0 Å². The summed E-state index contributed by atoms with van der Waals surface area (Å²) in [7, 11) is 0. The minimum Gasteiger partial charge on any atom is -0.478 e. The number of aromatic nitrogens is 1. The van der Waals surface area contributed by atoms with Gasteiger partial charge in [0.25, 0.3) is 0 Å². The Morgan fingerprint density at radius 2 is 2.05 bits per heavy atom. The highest BCUT2D eigenvalue weighted by Crippen LogP contribution is 2.17. The van der Waals surface area contributed by atoms with E-state index in [0.29, 0.717) is 0 Å². The zero-order chi connectivity index (χ0) is 14.3. The lowest BCUT2D eigenvalue weighted by Crippen LogP contribution is -2.20. The molecule has 0 saturated carbocycles. The molecule has 1 saturated heterocycles. The average Bonchev–Trinajstić information content (AvgIpc) is 3.04. The predicted octanol–water partition coefficient (Wildman–Crippen LogP) is 3.79. The van der Waals surface area contributed by atoms with Crippen molar-refractivity contribution in [1.29, 1.82) is 0 Å². The number of rotatable bonds is 7. The lowest BCUT2D eigenvalue weighted by molar-refractivity contribution is 0.286. The van der Waals surface area contributed by atoms with Gasteiger partial charge in [-0.05, 0) is 37.9 Å². The lowest BCUT2D eigenvalue weighted by atomic mass is 10.2. The fourth-order valence-corrected chi connectivity index (χ4v) is 3.58. The SMILES string of the molecule is c1ccc2nc(OCCCCCN3CCSC3)ccc2c1. The molecule has 1 aliphatic rings. The van der Waals surface area contributed by atoms with Crippen molar-refractivity contribution in [3.63, 3.8) is 0 Å². The van der Waals surface area contributed by atoms with Crippen LogP contribution in [0, 0.1) is 0 Å². The van der Waals surface area contributed by atoms with E-state index in [0.717, 1.165) is 29.8 Å². The van der Waals surface area contributed by atoms with Gasteiger partial charge in [0.1, 0.15) is 0 Å². The molecule has 21 heavy (non-hydrogen) atoms. The highest BCUT2D eigenvalue weighted by Gasteiger charge is 2.10. The normalized spacial score (nSPS) is 15.6. The first-order valence-corrected chi connectivity index (χ1v) is 8.86. The van der Waals surface area contributed by atoms with E-state index in [1.165, 1.54) is 37.6 Å². The maximum absolute atomic E-state index is 5.76. The molecule has 0 N–H and O–H groups in total. The van der Waals surface area contributed by atoms with Crippen molar-refractivity contribution in [1.82, 2.24) is 9.88 Å². The second-order valence-corrected chi connectivity index (χ2v) is 6.48. The Kier molecular flexibility index (Phi) is 5.35. The van der Waals surface area contributed by atoms with Gasteiger partial charge in [-0.15, -0.1) is 11.8 Å². The van der Waals surface area contributed by atoms with Gasteiger partial charge in [0, 0.05) is 29.6 Å². The van der Waals surface area contributed by atoms with Crippen molar-refractivity contribution in [2.45, 2.75) is 19.3 Å². The molecule has 1 fully saturated rings. The van der Waals surface area contributed by atoms with Gasteiger partial charge in [-0.25, -0.2) is 4.98 Å². The molecule has 2 aromatic rings. The van der Waals surface area contributed by atoms with Gasteiger partial charge in [-0.2, -0.15) is 0 Å². The summed E-state index contributed by atoms with van der Waals surface area (Å²) in [5.74, 6) is 3.26. The molecule has 1 aliphatic heterocycles. The Labute approximate surface area is 130 Å². The molecule has 1 aromatic carbocycles. The van der Waals surface area contributed by atoms with Crippen LogP contribution < -0.4 is 4.74 Å². The van der Waals surface area contributed by atoms with Crippen molar-refractivity contribution >= 4 is 22.7 Å². The summed E-state index contributed by atoms with van der Waals surface area (Å²) >= 11 is 2.04. The molecular formula is C17H22N2OS. The summed E-state index contributed by atoms with van der Waals surface area (Å²) in [5.41, 5.74) is 1.00. The number of hydrogen-bond donors (Lipinski definition) is 0. The van der Waals surface area contributed by atoms with Crippen LogP contribution in [0.25, 0.3) is 10.9 Å². The monoisotopic (exact) mass is 302 g/mol. The van der Waals surface area contributed by atoms with Crippen molar-refractivity contribution in [2.75, 3.05) is 31.3 Å². The molecule has 0 spiro atoms. The van der Waals surface area contributed by atoms with Crippen LogP contribution in [-0.2, 0) is 0 Å². The number of para-hydroxylation sites is 1. The van der Waals surface area contributed by atoms with Crippen molar-refractivity contribution < 1.29 is 4.74 Å². The van der Waals surface area contributed by atoms with E-state index in [4.69, 9.17) is 4.74 Å². The van der Waals surface area contributed by atoms with Gasteiger partial charge in [0.15, 0.2) is 0 Å². The summed E-state index contributed by atoms with van der Waals surface area (Å²) in [6.45, 7) is 3.27. The zero-order valence-electron chi connectivity index (χ0n) is 12.3. The summed E-state index contributed by atoms with van der Waals surface area (Å²) in [6, 6.07) is 12.2. The van der Waals surface area contributed by atoms with Gasteiger partial charge in [-0.3, -0.25) is 4.90 Å². The Morgan fingerprint density at radius 1 is 1.10 bits per heavy atom. The van der Waals surface area contributed by atoms with E-state index in [2.05, 4.69) is 22.0 Å². The maximum atomic E-state index is 5.76. The largest absolute Gasteiger partial charge is 0.478 e. The molecule has 0 radical (unpaired) electrons. The van der Waals surface area contributed by atoms with Crippen LogP contribution in [0.1, 0.15) is 19.3 Å². The predicted molar refractivity (Wildman–Crippen MR) is 90.0 cm³/mol. The van der Waals surface area contributed by atoms with Crippen LogP contribution in [0.4, 0.5) is 0 Å². The third kappa shape index (κ3) is 4.35. The number of thioether (sulfide) groups is 1. The van der Waals surface area contributed by atoms with E-state index in [1.807, 2.05) is 36.0 Å². The molecule has 0 bridgehead atoms. The third-order valence-electron chi connectivity index (χ3n) is 3.77. The molecule has 3 rings (SSSR count). The summed E-state index contributed by atoms with van der Waals surface area (Å²) in [5, 5.41) is 1.16. The quantitative estimate of drug-likeness (QED) is 0.727. The Bertz CT molecular complexity index is 569. The molecule has 0 amide bonds. The van der Waals surface area contributed by atoms with Crippen molar-refractivity contribution in [2.24, 2.45) is 0 Å². The number of pyridine rings is 1. The molecule has 3 nitrogen and oxygen atoms in total. The topological polar surface area (TPSA) is 25.4 Å². The Morgan fingerprint density at radius 3 is 2.95 bits per heavy atom. The number of benzene rings is 1. The number of ether oxygens (including phenoxy) is 1. The van der Waals surface area contributed by atoms with Crippen LogP contribution in [0.2, 0.25) is 0 Å². The number of nitrogens with zero attached hydrogens (tertiary/aromatic N) is 2. The van der Waals surface area contributed by atoms with E-state index >= 15 is 0 Å². The summed E-state index contributed by atoms with van der Waals surface area (Å²) in [6.07, 6.45) is 3.61. The van der Waals surface area contributed by atoms with Gasteiger partial charge in [0.05, 0.1) is 12.1 Å². The second kappa shape index (κ2) is 7.66. The minimum atomic E-state index is 0.740. The minimum absolute atomic E-state index is 0.740. The van der Waals surface area contributed by atoms with Gasteiger partial charge in [-0.1, -0.05) is 18.2 Å². The van der Waals surface area contributed by atoms with Gasteiger partial charge in [0.2, 0.25) is 5.88 Å². The number of unbranched alkanes of at least 4 members (excludes halogenated alkanes) is 2. The number of fused-ring (bicyclic) bond motifs is 1. The van der Waals surface area contributed by atoms with E-state index in [1.54, 1.807) is 0 Å². The Hall–Kier alpha value is -1.26. The molecule has 112 valence electrons. The van der Waals surface area contributed by atoms with Gasteiger partial charge < -0.3 is 4.74 Å². The average molecular weight is 302 g/mol. The van der Waals surface area contributed by atoms with Crippen LogP contribution in [-0.4, -0.2) is 41.2 Å². The third-order valence-corrected chi connectivity index (χ3v) is 4.79. The molecular weight excluding hydrogens is 280 g/mol. The van der Waals surface area contributed by atoms with Crippen LogP contribution in [0.5, 0.6) is 5.88 Å². The maximum Gasteiger partial charge on any atom is 0.213 e. The first kappa shape index (κ1) is 14.7. The van der Waals surface area contributed by atoms with Crippen LogP contribution in [0.15, 0.2) is 36.4 Å². The summed E-state index contributed by atoms with van der Waals surface area (Å²) in [4.78, 5) is 7.06. The van der Waals surface area contributed by atoms with Crippen LogP contribution in [0.3, 0.4) is 0 Å². The molecule has 2 heterocycles. The van der Waals surface area contributed by atoms with Crippen LogP contribution >= 0.6 is 11.8 Å². The molecule has 0 unspecified atom stereocenters. The smallest absolute Gasteiger partial charge is 0.213 e. The van der Waals surface area contributed by atoms with E-state index in [-0.39, 0.29) is 0 Å². The first-order chi connectivity index (χ1) is 10.4. The van der Waals surface area contributed by atoms with E-state index < -0.39 is 0 Å². The molecule has 1 aromatic heterocycles. The highest BCUT2D eigenvalue weighted by molar-refractivity contribution is 7.99. The van der Waals surface area contributed by atoms with Crippen molar-refractivity contribution in [3.8, 4) is 5.88 Å². The van der Waals surface area contributed by atoms with Crippen molar-refractivity contribution in [3.05, 3.63) is 36.4 Å². The Balaban J connectivity index is 1.36. The lowest BCUT2D eigenvalue weighted by Gasteiger charge is -2.13. The zero-order valence-corrected chi connectivity index (χ0v) is 13.1. The fourth-order valence-electron chi connectivity index (χ4n) is 2.55. The summed E-state index contributed by atoms with van der Waals surface area (Å²) < 4.78 is 5.76. The highest BCUT2D eigenvalue weighted by atomic mass is 32.2. The first-order valence-electron chi connectivity index (χ1n) is 7.70.